The summed E-state index contributed by atoms with van der Waals surface area (Å²) in [6, 6.07) is 0. The van der Waals surface area contributed by atoms with Gasteiger partial charge in [0.2, 0.25) is 0 Å². The van der Waals surface area contributed by atoms with E-state index in [1.165, 1.54) is 0 Å². The molecule has 0 aliphatic rings. The Labute approximate surface area is 156 Å². The van der Waals surface area contributed by atoms with E-state index in [-0.39, 0.29) is 46.5 Å². The third-order valence-corrected chi connectivity index (χ3v) is 1.91. The van der Waals surface area contributed by atoms with Crippen LogP contribution in [0.3, 0.4) is 0 Å². The molecule has 0 spiro atoms. The van der Waals surface area contributed by atoms with Crippen molar-refractivity contribution in [2.24, 2.45) is 0 Å². The fourth-order valence-corrected chi connectivity index (χ4v) is 0.933. The molecule has 2 nitrogen and oxygen atoms in total. The van der Waals surface area contributed by atoms with E-state index in [0.29, 0.717) is 13.2 Å². The van der Waals surface area contributed by atoms with Crippen molar-refractivity contribution in [3.8, 4) is 0 Å². The fourth-order valence-electron chi connectivity index (χ4n) is 0.600. The molecule has 0 atom stereocenters. The largest absolute Gasteiger partial charge is 2.00 e. The Morgan fingerprint density at radius 3 is 1.35 bits per heavy atom. The molecule has 96 valence electrons. The smallest absolute Gasteiger partial charge is 0.514 e. The Kier molecular flexibility index (Phi) is 27.5. The van der Waals surface area contributed by atoms with Crippen molar-refractivity contribution < 1.29 is 9.47 Å². The molecule has 0 saturated heterocycles. The molecule has 7 heteroatoms. The maximum Gasteiger partial charge on any atom is 2.00 e. The molecule has 0 aliphatic carbocycles. The van der Waals surface area contributed by atoms with Gasteiger partial charge in [0.25, 0.3) is 0 Å². The predicted molar refractivity (Wildman–Crippen MR) is 87.4 cm³/mol. The van der Waals surface area contributed by atoms with Crippen LogP contribution in [0.2, 0.25) is 0 Å². The zero-order valence-corrected chi connectivity index (χ0v) is 15.9. The van der Waals surface area contributed by atoms with Crippen LogP contribution in [0, 0.1) is 0 Å². The summed E-state index contributed by atoms with van der Waals surface area (Å²) in [6.45, 7) is 5.54. The average molecular weight is 339 g/mol. The topological polar surface area (TPSA) is 18.5 Å². The van der Waals surface area contributed by atoms with E-state index in [1.54, 1.807) is 0 Å². The van der Waals surface area contributed by atoms with Crippen LogP contribution >= 0.6 is 24.4 Å². The van der Waals surface area contributed by atoms with Gasteiger partial charge in [0.15, 0.2) is 0 Å². The SMILES string of the molecule is CCCCOC(=S)[S-].CCCCOC(=S)[S-].[Ca+2]. The first-order valence-corrected chi connectivity index (χ1v) is 6.85. The fraction of sp³-hybridized carbons (Fsp3) is 0.800. The number of rotatable bonds is 6. The van der Waals surface area contributed by atoms with Crippen molar-refractivity contribution in [1.29, 1.82) is 0 Å². The summed E-state index contributed by atoms with van der Waals surface area (Å²) in [4.78, 5) is 0. The number of ether oxygens (including phenoxy) is 2. The quantitative estimate of drug-likeness (QED) is 0.318. The molecule has 17 heavy (non-hydrogen) atoms. The van der Waals surface area contributed by atoms with Crippen LogP contribution in [0.4, 0.5) is 0 Å². The monoisotopic (exact) mass is 338 g/mol. The van der Waals surface area contributed by atoms with Crippen molar-refractivity contribution in [3.63, 3.8) is 0 Å². The summed E-state index contributed by atoms with van der Waals surface area (Å²) >= 11 is 18.0. The van der Waals surface area contributed by atoms with E-state index >= 15 is 0 Å². The van der Waals surface area contributed by atoms with E-state index in [4.69, 9.17) is 9.47 Å². The van der Waals surface area contributed by atoms with Crippen LogP contribution in [-0.4, -0.2) is 59.7 Å². The van der Waals surface area contributed by atoms with Crippen molar-refractivity contribution in [3.05, 3.63) is 0 Å². The minimum Gasteiger partial charge on any atom is -0.514 e. The van der Waals surface area contributed by atoms with Gasteiger partial charge in [-0.25, -0.2) is 0 Å². The molecule has 0 amide bonds. The first-order chi connectivity index (χ1) is 7.54. The number of hydrogen-bond donors (Lipinski definition) is 0. The molecule has 0 aromatic rings. The van der Waals surface area contributed by atoms with E-state index < -0.39 is 0 Å². The van der Waals surface area contributed by atoms with Crippen LogP contribution in [0.25, 0.3) is 0 Å². The number of hydrogen-bond acceptors (Lipinski definition) is 6. The van der Waals surface area contributed by atoms with Crippen LogP contribution in [0.1, 0.15) is 39.5 Å². The first-order valence-electron chi connectivity index (χ1n) is 5.22. The second-order valence-electron chi connectivity index (χ2n) is 2.90. The molecular weight excluding hydrogens is 320 g/mol. The van der Waals surface area contributed by atoms with Gasteiger partial charge in [-0.05, 0) is 12.8 Å². The molecule has 0 aliphatic heterocycles. The van der Waals surface area contributed by atoms with Gasteiger partial charge in [0.05, 0.1) is 13.2 Å². The Hall–Kier alpha value is 1.48. The Morgan fingerprint density at radius 1 is 0.882 bits per heavy atom. The van der Waals surface area contributed by atoms with E-state index in [0.717, 1.165) is 25.7 Å². The molecular formula is C10H18CaO2S4. The van der Waals surface area contributed by atoms with Crippen molar-refractivity contribution in [2.45, 2.75) is 39.5 Å². The summed E-state index contributed by atoms with van der Waals surface area (Å²) in [7, 11) is 0. The van der Waals surface area contributed by atoms with Crippen molar-refractivity contribution in [1.82, 2.24) is 0 Å². The molecule has 0 radical (unpaired) electrons. The predicted octanol–water partition coefficient (Wildman–Crippen LogP) is 2.89. The molecule has 0 aromatic heterocycles. The van der Waals surface area contributed by atoms with Gasteiger partial charge >= 0.3 is 37.7 Å². The average Bonchev–Trinajstić information content (AvgIpc) is 2.18. The maximum absolute atomic E-state index is 4.83. The summed E-state index contributed by atoms with van der Waals surface area (Å²) in [5, 5.41) is 0. The van der Waals surface area contributed by atoms with Gasteiger partial charge in [-0.3, -0.25) is 0 Å². The molecule has 0 heterocycles. The molecule has 0 saturated carbocycles. The summed E-state index contributed by atoms with van der Waals surface area (Å²) in [5.41, 5.74) is 0. The number of thiocarbonyl (C=S) groups is 2. The molecule has 0 aromatic carbocycles. The maximum atomic E-state index is 4.83. The minimum atomic E-state index is 0. The first kappa shape index (κ1) is 23.6. The van der Waals surface area contributed by atoms with Gasteiger partial charge in [0.1, 0.15) is 0 Å². The zero-order valence-electron chi connectivity index (χ0n) is 10.4. The standard InChI is InChI=1S/2C5H10OS2.Ca/c2*1-2-3-4-6-5(7)8;/h2*2-4H2,1H3,(H,7,8);/q;;+2/p-2. The minimum absolute atomic E-state index is 0. The number of unbranched alkanes of at least 4 members (excludes halogenated alkanes) is 2. The van der Waals surface area contributed by atoms with Crippen LogP contribution in [0.15, 0.2) is 0 Å². The van der Waals surface area contributed by atoms with Crippen LogP contribution in [-0.2, 0) is 34.7 Å². The summed E-state index contributed by atoms with van der Waals surface area (Å²) in [6.07, 6.45) is 4.32. The molecule has 0 unspecified atom stereocenters. The molecule has 0 fully saturated rings. The second kappa shape index (κ2) is 19.8. The Balaban J connectivity index is -0.000000218. The zero-order chi connectivity index (χ0) is 12.8. The van der Waals surface area contributed by atoms with Crippen LogP contribution < -0.4 is 0 Å². The van der Waals surface area contributed by atoms with E-state index in [2.05, 4.69) is 63.5 Å². The van der Waals surface area contributed by atoms with Gasteiger partial charge in [-0.15, -0.1) is 0 Å². The third kappa shape index (κ3) is 31.8. The molecule has 0 rings (SSSR count). The summed E-state index contributed by atoms with van der Waals surface area (Å²) in [5.74, 6) is 0. The molecule has 0 N–H and O–H groups in total. The Morgan fingerprint density at radius 2 is 1.18 bits per heavy atom. The van der Waals surface area contributed by atoms with Gasteiger partial charge in [0, 0.05) is 8.77 Å². The van der Waals surface area contributed by atoms with Gasteiger partial charge < -0.3 is 59.2 Å². The van der Waals surface area contributed by atoms with Gasteiger partial charge in [-0.2, -0.15) is 0 Å². The van der Waals surface area contributed by atoms with Crippen molar-refractivity contribution in [2.75, 3.05) is 13.2 Å². The molecule has 0 bridgehead atoms. The normalized spacial score (nSPS) is 8.12. The van der Waals surface area contributed by atoms with Crippen molar-refractivity contribution >= 4 is 96.2 Å². The van der Waals surface area contributed by atoms with E-state index in [9.17, 15) is 0 Å². The van der Waals surface area contributed by atoms with Crippen LogP contribution in [0.5, 0.6) is 0 Å². The summed E-state index contributed by atoms with van der Waals surface area (Å²) < 4.78 is 10.1. The Bertz CT molecular complexity index is 171. The second-order valence-corrected chi connectivity index (χ2v) is 4.90. The third-order valence-electron chi connectivity index (χ3n) is 1.44. The van der Waals surface area contributed by atoms with Gasteiger partial charge in [-0.1, -0.05) is 26.7 Å². The van der Waals surface area contributed by atoms with E-state index in [1.807, 2.05) is 0 Å².